The molecule has 0 spiro atoms. The minimum absolute atomic E-state index is 0.00996. The number of rotatable bonds is 3. The van der Waals surface area contributed by atoms with Crippen molar-refractivity contribution in [3.05, 3.63) is 42.5 Å². The molecule has 0 aromatic heterocycles. The lowest BCUT2D eigenvalue weighted by Crippen LogP contribution is -2.49. The van der Waals surface area contributed by atoms with Crippen molar-refractivity contribution in [2.45, 2.75) is 12.6 Å². The van der Waals surface area contributed by atoms with Crippen LogP contribution in [0.3, 0.4) is 0 Å². The zero-order valence-corrected chi connectivity index (χ0v) is 14.7. The monoisotopic (exact) mass is 390 g/mol. The van der Waals surface area contributed by atoms with Crippen molar-refractivity contribution in [1.82, 2.24) is 4.90 Å². The van der Waals surface area contributed by atoms with Gasteiger partial charge in [0.25, 0.3) is 0 Å². The van der Waals surface area contributed by atoms with Gasteiger partial charge in [-0.15, -0.1) is 0 Å². The quantitative estimate of drug-likeness (QED) is 0.589. The maximum absolute atomic E-state index is 13.2. The van der Waals surface area contributed by atoms with E-state index < -0.39 is 42.4 Å². The number of carbonyl (C=O) groups is 3. The highest BCUT2D eigenvalue weighted by Gasteiger charge is 2.67. The summed E-state index contributed by atoms with van der Waals surface area (Å²) in [5.74, 6) is -3.29. The average Bonchev–Trinajstić information content (AvgIpc) is 3.45. The van der Waals surface area contributed by atoms with Gasteiger partial charge in [0.05, 0.1) is 11.8 Å². The lowest BCUT2D eigenvalue weighted by atomic mass is 9.63. The molecule has 3 amide bonds. The van der Waals surface area contributed by atoms with Crippen LogP contribution >= 0.6 is 0 Å². The summed E-state index contributed by atoms with van der Waals surface area (Å²) in [6, 6.07) is 7.30. The number of anilines is 1. The first-order chi connectivity index (χ1) is 13.3. The number of carbonyl (C=O) groups excluding carboxylic acids is 3. The van der Waals surface area contributed by atoms with Crippen LogP contribution in [0.4, 0.5) is 18.9 Å². The van der Waals surface area contributed by atoms with Gasteiger partial charge in [-0.05, 0) is 42.2 Å². The standard InChI is InChI=1S/C20H17F3N2O3/c21-20(22,23)19(28)24(10-4-2-1-3-5-10)9-25-17(26)15-11-6-7-12(14-8-13(11)14)16(15)18(25)27/h1-7,11-16H,8-9H2/t11-,12-,13-,14+,15+,16+/m0/s1. The third-order valence-corrected chi connectivity index (χ3v) is 6.59. The Morgan fingerprint density at radius 1 is 1.00 bits per heavy atom. The Morgan fingerprint density at radius 3 is 2.04 bits per heavy atom. The fourth-order valence-electron chi connectivity index (χ4n) is 5.32. The second kappa shape index (κ2) is 5.68. The van der Waals surface area contributed by atoms with E-state index in [4.69, 9.17) is 0 Å². The molecule has 0 radical (unpaired) electrons. The van der Waals surface area contributed by atoms with Crippen LogP contribution in [-0.4, -0.2) is 35.5 Å². The summed E-state index contributed by atoms with van der Waals surface area (Å²) in [5, 5.41) is 0. The highest BCUT2D eigenvalue weighted by molar-refractivity contribution is 6.07. The van der Waals surface area contributed by atoms with Gasteiger partial charge in [0.2, 0.25) is 11.8 Å². The van der Waals surface area contributed by atoms with E-state index in [1.165, 1.54) is 24.3 Å². The molecule has 0 unspecified atom stereocenters. The van der Waals surface area contributed by atoms with E-state index in [-0.39, 0.29) is 17.5 Å². The highest BCUT2D eigenvalue weighted by Crippen LogP contribution is 2.65. The molecule has 1 aromatic carbocycles. The van der Waals surface area contributed by atoms with Crippen LogP contribution in [0.25, 0.3) is 0 Å². The fourth-order valence-corrected chi connectivity index (χ4v) is 5.32. The Morgan fingerprint density at radius 2 is 1.54 bits per heavy atom. The Hall–Kier alpha value is -2.64. The van der Waals surface area contributed by atoms with Crippen molar-refractivity contribution in [3.63, 3.8) is 0 Å². The summed E-state index contributed by atoms with van der Waals surface area (Å²) in [6.45, 7) is -0.720. The number of benzene rings is 1. The third-order valence-electron chi connectivity index (χ3n) is 6.59. The van der Waals surface area contributed by atoms with Crippen LogP contribution < -0.4 is 4.90 Å². The second-order valence-electron chi connectivity index (χ2n) is 7.97. The Kier molecular flexibility index (Phi) is 3.54. The molecule has 6 rings (SSSR count). The lowest BCUT2D eigenvalue weighted by Gasteiger charge is -2.37. The molecule has 6 atom stereocenters. The molecule has 2 bridgehead atoms. The maximum Gasteiger partial charge on any atom is 0.471 e. The predicted molar refractivity (Wildman–Crippen MR) is 91.4 cm³/mol. The number of alkyl halides is 3. The zero-order chi connectivity index (χ0) is 19.8. The molecule has 0 N–H and O–H groups in total. The molecule has 1 aromatic rings. The zero-order valence-electron chi connectivity index (χ0n) is 14.7. The van der Waals surface area contributed by atoms with Gasteiger partial charge in [0.15, 0.2) is 0 Å². The van der Waals surface area contributed by atoms with E-state index in [0.717, 1.165) is 11.3 Å². The Bertz CT molecular complexity index is 862. The third kappa shape index (κ3) is 2.36. The van der Waals surface area contributed by atoms with Gasteiger partial charge in [-0.3, -0.25) is 24.2 Å². The van der Waals surface area contributed by atoms with Crippen molar-refractivity contribution in [2.75, 3.05) is 11.6 Å². The fraction of sp³-hybridized carbons (Fsp3) is 0.450. The van der Waals surface area contributed by atoms with E-state index >= 15 is 0 Å². The van der Waals surface area contributed by atoms with E-state index in [0.29, 0.717) is 16.7 Å². The minimum Gasteiger partial charge on any atom is -0.286 e. The maximum atomic E-state index is 13.2. The molecule has 5 aliphatic rings. The molecule has 3 fully saturated rings. The number of hydrogen-bond acceptors (Lipinski definition) is 3. The van der Waals surface area contributed by atoms with Crippen LogP contribution in [0.5, 0.6) is 0 Å². The molecule has 146 valence electrons. The summed E-state index contributed by atoms with van der Waals surface area (Å²) in [4.78, 5) is 39.3. The molecular weight excluding hydrogens is 373 g/mol. The van der Waals surface area contributed by atoms with Gasteiger partial charge in [-0.25, -0.2) is 0 Å². The van der Waals surface area contributed by atoms with Crippen molar-refractivity contribution in [3.8, 4) is 0 Å². The number of likely N-dealkylation sites (tertiary alicyclic amines) is 1. The van der Waals surface area contributed by atoms with E-state index in [1.807, 2.05) is 12.2 Å². The van der Waals surface area contributed by atoms with Crippen LogP contribution in [0.2, 0.25) is 0 Å². The van der Waals surface area contributed by atoms with Gasteiger partial charge in [0.1, 0.15) is 6.67 Å². The van der Waals surface area contributed by atoms with Gasteiger partial charge in [-0.1, -0.05) is 30.4 Å². The molecule has 8 heteroatoms. The van der Waals surface area contributed by atoms with E-state index in [2.05, 4.69) is 0 Å². The molecule has 2 saturated carbocycles. The average molecular weight is 390 g/mol. The van der Waals surface area contributed by atoms with Gasteiger partial charge >= 0.3 is 12.1 Å². The van der Waals surface area contributed by atoms with Crippen LogP contribution in [0.1, 0.15) is 6.42 Å². The summed E-state index contributed by atoms with van der Waals surface area (Å²) in [5.41, 5.74) is -0.00996. The van der Waals surface area contributed by atoms with Crippen molar-refractivity contribution in [1.29, 1.82) is 0 Å². The predicted octanol–water partition coefficient (Wildman–Crippen LogP) is 2.59. The summed E-state index contributed by atoms with van der Waals surface area (Å²) < 4.78 is 39.5. The number of allylic oxidation sites excluding steroid dienone is 2. The molecule has 4 aliphatic carbocycles. The Labute approximate surface area is 158 Å². The minimum atomic E-state index is -5.11. The summed E-state index contributed by atoms with van der Waals surface area (Å²) in [7, 11) is 0. The van der Waals surface area contributed by atoms with E-state index in [1.54, 1.807) is 6.07 Å². The van der Waals surface area contributed by atoms with Crippen molar-refractivity contribution < 1.29 is 27.6 Å². The largest absolute Gasteiger partial charge is 0.471 e. The summed E-state index contributed by atoms with van der Waals surface area (Å²) in [6.07, 6.45) is -0.135. The van der Waals surface area contributed by atoms with Gasteiger partial charge in [-0.2, -0.15) is 13.2 Å². The smallest absolute Gasteiger partial charge is 0.286 e. The first-order valence-corrected chi connectivity index (χ1v) is 9.26. The number of para-hydroxylation sites is 1. The number of hydrogen-bond donors (Lipinski definition) is 0. The molecule has 28 heavy (non-hydrogen) atoms. The SMILES string of the molecule is O=C1[C@@H]2[C@H]3C=C[C@@H]([C@@H]4C[C@H]34)[C@H]2C(=O)N1CN(C(=O)C(F)(F)F)c1ccccc1. The van der Waals surface area contributed by atoms with Crippen LogP contribution in [-0.2, 0) is 14.4 Å². The highest BCUT2D eigenvalue weighted by atomic mass is 19.4. The Balaban J connectivity index is 1.46. The normalized spacial score (nSPS) is 35.0. The van der Waals surface area contributed by atoms with Gasteiger partial charge < -0.3 is 0 Å². The number of nitrogens with zero attached hydrogens (tertiary/aromatic N) is 2. The van der Waals surface area contributed by atoms with Crippen molar-refractivity contribution in [2.24, 2.45) is 35.5 Å². The first-order valence-electron chi connectivity index (χ1n) is 9.26. The summed E-state index contributed by atoms with van der Waals surface area (Å²) >= 11 is 0. The van der Waals surface area contributed by atoms with E-state index in [9.17, 15) is 27.6 Å². The van der Waals surface area contributed by atoms with Crippen LogP contribution in [0, 0.1) is 35.5 Å². The lowest BCUT2D eigenvalue weighted by molar-refractivity contribution is -0.171. The first kappa shape index (κ1) is 17.5. The molecule has 1 saturated heterocycles. The number of imide groups is 1. The topological polar surface area (TPSA) is 57.7 Å². The van der Waals surface area contributed by atoms with Gasteiger partial charge in [0, 0.05) is 5.69 Å². The van der Waals surface area contributed by atoms with Crippen LogP contribution in [0.15, 0.2) is 42.5 Å². The molecule has 1 aliphatic heterocycles. The number of amides is 3. The molecular formula is C20H17F3N2O3. The molecule has 1 heterocycles. The second-order valence-corrected chi connectivity index (χ2v) is 7.97. The van der Waals surface area contributed by atoms with Crippen molar-refractivity contribution >= 4 is 23.4 Å². The number of halogens is 3. The molecule has 5 nitrogen and oxygen atoms in total.